The summed E-state index contributed by atoms with van der Waals surface area (Å²) in [5.41, 5.74) is -2.46. The van der Waals surface area contributed by atoms with E-state index < -0.39 is 37.6 Å². The maximum absolute atomic E-state index is 11.1. The molecule has 0 aromatic rings. The molecular formula is C9H11N3O8. The molecule has 0 saturated heterocycles. The fourth-order valence-corrected chi connectivity index (χ4v) is 1.72. The first-order valence-electron chi connectivity index (χ1n) is 5.25. The van der Waals surface area contributed by atoms with Gasteiger partial charge in [-0.3, -0.25) is 25.4 Å². The monoisotopic (exact) mass is 289 g/mol. The standard InChI is InChI=1S/C9H11N3O8/c1-3-20-9(19-2)7(11(15)16)4-6(10(13)14)5-8(9)12(17)18/h4-5H,3H2,1-2H3,(H,13,14). The number of hydrogen-bond donors (Lipinski definition) is 1. The molecule has 0 fully saturated rings. The first kappa shape index (κ1) is 15.5. The van der Waals surface area contributed by atoms with Gasteiger partial charge in [0.1, 0.15) is 0 Å². The van der Waals surface area contributed by atoms with Crippen molar-refractivity contribution >= 4 is 5.71 Å². The fourth-order valence-electron chi connectivity index (χ4n) is 1.72. The van der Waals surface area contributed by atoms with Gasteiger partial charge < -0.3 is 14.7 Å². The molecule has 110 valence electrons. The quantitative estimate of drug-likeness (QED) is 0.245. The summed E-state index contributed by atoms with van der Waals surface area (Å²) in [6, 6.07) is 0. The summed E-state index contributed by atoms with van der Waals surface area (Å²) in [5.74, 6) is -2.36. The van der Waals surface area contributed by atoms with Crippen molar-refractivity contribution in [1.29, 1.82) is 0 Å². The number of hydrogen-bond acceptors (Lipinski definition) is 8. The summed E-state index contributed by atoms with van der Waals surface area (Å²) in [7, 11) is 0.989. The van der Waals surface area contributed by atoms with Crippen LogP contribution in [0.2, 0.25) is 0 Å². The van der Waals surface area contributed by atoms with Gasteiger partial charge in [0.2, 0.25) is 0 Å². The van der Waals surface area contributed by atoms with Gasteiger partial charge in [-0.05, 0) is 6.92 Å². The molecule has 1 rings (SSSR count). The van der Waals surface area contributed by atoms with Crippen LogP contribution in [-0.4, -0.2) is 45.2 Å². The summed E-state index contributed by atoms with van der Waals surface area (Å²) in [4.78, 5) is 19.4. The van der Waals surface area contributed by atoms with E-state index in [2.05, 4.69) is 0 Å². The van der Waals surface area contributed by atoms with E-state index in [-0.39, 0.29) is 6.61 Å². The molecule has 20 heavy (non-hydrogen) atoms. The topological polar surface area (TPSA) is 151 Å². The van der Waals surface area contributed by atoms with Crippen LogP contribution in [0.4, 0.5) is 0 Å². The number of ether oxygens (including phenoxy) is 2. The van der Waals surface area contributed by atoms with Crippen LogP contribution in [0.5, 0.6) is 0 Å². The SMILES string of the molecule is CCOC1(OC)C([N+](=O)[O-])=CC(=[N+]([O-])O)C=C1[N+](=O)[O-]. The van der Waals surface area contributed by atoms with Gasteiger partial charge in [0, 0.05) is 18.6 Å². The molecule has 1 aliphatic carbocycles. The van der Waals surface area contributed by atoms with Crippen molar-refractivity contribution in [3.63, 3.8) is 0 Å². The van der Waals surface area contributed by atoms with Crippen molar-refractivity contribution in [2.45, 2.75) is 12.7 Å². The lowest BCUT2D eigenvalue weighted by Gasteiger charge is -2.27. The van der Waals surface area contributed by atoms with Crippen LogP contribution >= 0.6 is 0 Å². The van der Waals surface area contributed by atoms with Crippen LogP contribution in [-0.2, 0) is 9.47 Å². The predicted octanol–water partition coefficient (Wildman–Crippen LogP) is 0.0409. The van der Waals surface area contributed by atoms with Crippen LogP contribution in [0.1, 0.15) is 6.92 Å². The molecule has 1 N–H and O–H groups in total. The highest BCUT2D eigenvalue weighted by Crippen LogP contribution is 2.35. The molecule has 11 nitrogen and oxygen atoms in total. The summed E-state index contributed by atoms with van der Waals surface area (Å²) >= 11 is 0. The van der Waals surface area contributed by atoms with Gasteiger partial charge >= 0.3 is 17.2 Å². The van der Waals surface area contributed by atoms with Crippen LogP contribution in [0.25, 0.3) is 0 Å². The Morgan fingerprint density at radius 1 is 1.20 bits per heavy atom. The molecule has 0 amide bonds. The molecule has 0 saturated carbocycles. The molecule has 11 heteroatoms. The van der Waals surface area contributed by atoms with Crippen molar-refractivity contribution in [1.82, 2.24) is 0 Å². The van der Waals surface area contributed by atoms with E-state index in [1.165, 1.54) is 6.92 Å². The highest BCUT2D eigenvalue weighted by molar-refractivity contribution is 6.02. The smallest absolute Gasteiger partial charge is 0.356 e. The molecule has 0 aromatic heterocycles. The highest BCUT2D eigenvalue weighted by Gasteiger charge is 2.59. The molecule has 0 bridgehead atoms. The third-order valence-corrected chi connectivity index (χ3v) is 2.49. The molecule has 0 spiro atoms. The third kappa shape index (κ3) is 2.44. The van der Waals surface area contributed by atoms with Gasteiger partial charge in [-0.15, -0.1) is 0 Å². The van der Waals surface area contributed by atoms with Crippen LogP contribution < -0.4 is 0 Å². The van der Waals surface area contributed by atoms with E-state index in [9.17, 15) is 25.4 Å². The zero-order chi connectivity index (χ0) is 15.5. The van der Waals surface area contributed by atoms with Gasteiger partial charge in [0.25, 0.3) is 5.71 Å². The Morgan fingerprint density at radius 3 is 1.90 bits per heavy atom. The molecule has 0 aromatic carbocycles. The summed E-state index contributed by atoms with van der Waals surface area (Å²) in [5, 5.41) is 41.7. The summed E-state index contributed by atoms with van der Waals surface area (Å²) in [6.45, 7) is 1.33. The fraction of sp³-hybridized carbons (Fsp3) is 0.444. The van der Waals surface area contributed by atoms with Gasteiger partial charge in [0.15, 0.2) is 0 Å². The lowest BCUT2D eigenvalue weighted by molar-refractivity contribution is -0.725. The average Bonchev–Trinajstić information content (AvgIpc) is 2.37. The predicted molar refractivity (Wildman–Crippen MR) is 61.9 cm³/mol. The largest absolute Gasteiger partial charge is 0.417 e. The molecule has 0 heterocycles. The zero-order valence-electron chi connectivity index (χ0n) is 10.5. The lowest BCUT2D eigenvalue weighted by atomic mass is 10.0. The number of nitrogens with zero attached hydrogens (tertiary/aromatic N) is 3. The van der Waals surface area contributed by atoms with E-state index in [0.717, 1.165) is 7.11 Å². The molecular weight excluding hydrogens is 278 g/mol. The Balaban J connectivity index is 3.63. The minimum absolute atomic E-state index is 0.125. The van der Waals surface area contributed by atoms with Crippen LogP contribution in [0, 0.1) is 25.4 Å². The Morgan fingerprint density at radius 2 is 1.65 bits per heavy atom. The lowest BCUT2D eigenvalue weighted by Crippen LogP contribution is -2.47. The Bertz CT molecular complexity index is 497. The van der Waals surface area contributed by atoms with E-state index in [1.54, 1.807) is 0 Å². The normalized spacial score (nSPS) is 22.0. The van der Waals surface area contributed by atoms with Crippen molar-refractivity contribution in [2.24, 2.45) is 0 Å². The van der Waals surface area contributed by atoms with Crippen LogP contribution in [0.15, 0.2) is 23.5 Å². The number of allylic oxidation sites excluding steroid dienone is 2. The van der Waals surface area contributed by atoms with Gasteiger partial charge in [-0.2, -0.15) is 0 Å². The second kappa shape index (κ2) is 5.63. The molecule has 1 aliphatic rings. The van der Waals surface area contributed by atoms with Crippen molar-refractivity contribution in [2.75, 3.05) is 13.7 Å². The summed E-state index contributed by atoms with van der Waals surface area (Å²) < 4.78 is 9.88. The van der Waals surface area contributed by atoms with E-state index >= 15 is 0 Å². The second-order valence-corrected chi connectivity index (χ2v) is 3.52. The minimum Gasteiger partial charge on any atom is -0.417 e. The Labute approximate surface area is 111 Å². The van der Waals surface area contributed by atoms with Crippen molar-refractivity contribution < 1.29 is 29.4 Å². The maximum Gasteiger partial charge on any atom is 0.356 e. The Hall–Kier alpha value is -2.53. The van der Waals surface area contributed by atoms with Gasteiger partial charge in [-0.1, -0.05) is 0 Å². The number of methoxy groups -OCH3 is 1. The van der Waals surface area contributed by atoms with E-state index in [0.29, 0.717) is 12.2 Å². The highest BCUT2D eigenvalue weighted by atomic mass is 16.8. The van der Waals surface area contributed by atoms with Gasteiger partial charge in [0.05, 0.1) is 22.0 Å². The minimum atomic E-state index is -2.36. The number of rotatable bonds is 5. The average molecular weight is 289 g/mol. The van der Waals surface area contributed by atoms with Crippen molar-refractivity contribution in [3.05, 3.63) is 49.0 Å². The molecule has 0 unspecified atom stereocenters. The zero-order valence-corrected chi connectivity index (χ0v) is 10.5. The first-order chi connectivity index (χ1) is 9.30. The Kier molecular flexibility index (Phi) is 4.37. The first-order valence-corrected chi connectivity index (χ1v) is 5.25. The molecule has 0 radical (unpaired) electrons. The van der Waals surface area contributed by atoms with Crippen LogP contribution in [0.3, 0.4) is 0 Å². The van der Waals surface area contributed by atoms with Crippen molar-refractivity contribution in [3.8, 4) is 0 Å². The second-order valence-electron chi connectivity index (χ2n) is 3.52. The van der Waals surface area contributed by atoms with E-state index in [1.807, 2.05) is 0 Å². The van der Waals surface area contributed by atoms with Gasteiger partial charge in [-0.25, -0.2) is 0 Å². The maximum atomic E-state index is 11.1. The van der Waals surface area contributed by atoms with E-state index in [4.69, 9.17) is 14.7 Å². The summed E-state index contributed by atoms with van der Waals surface area (Å²) in [6.07, 6.45) is 1.28. The molecule has 0 atom stereocenters. The third-order valence-electron chi connectivity index (χ3n) is 2.49. The number of nitro groups is 2. The molecule has 0 aliphatic heterocycles.